The van der Waals surface area contributed by atoms with Crippen molar-refractivity contribution in [2.24, 2.45) is 0 Å². The molecule has 7 heteroatoms. The largest absolute Gasteiger partial charge is 0.465 e. The van der Waals surface area contributed by atoms with Crippen molar-refractivity contribution in [3.05, 3.63) is 31.4 Å². The van der Waals surface area contributed by atoms with Crippen molar-refractivity contribution in [3.63, 3.8) is 0 Å². The maximum absolute atomic E-state index is 11.8. The summed E-state index contributed by atoms with van der Waals surface area (Å²) in [5.41, 5.74) is 0.922. The summed E-state index contributed by atoms with van der Waals surface area (Å²) in [6, 6.07) is 2.78. The zero-order chi connectivity index (χ0) is 14.0. The fourth-order valence-corrected chi connectivity index (χ4v) is 3.17. The van der Waals surface area contributed by atoms with Gasteiger partial charge in [0.25, 0.3) is 5.69 Å². The average molecular weight is 376 g/mol. The predicted octanol–water partition coefficient (Wildman–Crippen LogP) is 2.59. The lowest BCUT2D eigenvalue weighted by Gasteiger charge is -2.21. The molecular formula is C12H13IN2O4. The number of nitrogens with zero attached hydrogens (tertiary/aromatic N) is 2. The number of carbonyl (C=O) groups is 1. The van der Waals surface area contributed by atoms with Gasteiger partial charge in [-0.3, -0.25) is 10.1 Å². The van der Waals surface area contributed by atoms with Gasteiger partial charge in [0.2, 0.25) is 0 Å². The van der Waals surface area contributed by atoms with Crippen molar-refractivity contribution in [1.29, 1.82) is 0 Å². The minimum Gasteiger partial charge on any atom is -0.465 e. The molecule has 0 atom stereocenters. The van der Waals surface area contributed by atoms with Crippen LogP contribution in [0.3, 0.4) is 0 Å². The Bertz CT molecular complexity index is 527. The van der Waals surface area contributed by atoms with Gasteiger partial charge in [-0.25, -0.2) is 4.79 Å². The molecule has 1 aliphatic heterocycles. The maximum Gasteiger partial charge on any atom is 0.340 e. The third kappa shape index (κ3) is 2.80. The number of halogens is 1. The third-order valence-electron chi connectivity index (χ3n) is 3.09. The van der Waals surface area contributed by atoms with Crippen molar-refractivity contribution < 1.29 is 14.5 Å². The number of anilines is 1. The Hall–Kier alpha value is -1.38. The Morgan fingerprint density at radius 1 is 1.42 bits per heavy atom. The molecule has 1 fully saturated rings. The highest BCUT2D eigenvalue weighted by molar-refractivity contribution is 14.1. The van der Waals surface area contributed by atoms with Crippen LogP contribution in [0.1, 0.15) is 23.2 Å². The molecular weight excluding hydrogens is 363 g/mol. The smallest absolute Gasteiger partial charge is 0.340 e. The van der Waals surface area contributed by atoms with Crippen LogP contribution in [0, 0.1) is 13.7 Å². The summed E-state index contributed by atoms with van der Waals surface area (Å²) in [6.45, 7) is 1.72. The number of methoxy groups -OCH3 is 1. The summed E-state index contributed by atoms with van der Waals surface area (Å²) in [5.74, 6) is -0.538. The summed E-state index contributed by atoms with van der Waals surface area (Å²) >= 11 is 2.03. The highest BCUT2D eigenvalue weighted by Gasteiger charge is 2.26. The van der Waals surface area contributed by atoms with Gasteiger partial charge in [-0.1, -0.05) is 0 Å². The van der Waals surface area contributed by atoms with Crippen molar-refractivity contribution >= 4 is 39.9 Å². The van der Waals surface area contributed by atoms with Crippen molar-refractivity contribution in [3.8, 4) is 0 Å². The number of esters is 1. The zero-order valence-corrected chi connectivity index (χ0v) is 12.5. The van der Waals surface area contributed by atoms with E-state index in [2.05, 4.69) is 4.90 Å². The van der Waals surface area contributed by atoms with E-state index in [0.717, 1.165) is 31.6 Å². The van der Waals surface area contributed by atoms with Crippen molar-refractivity contribution in [1.82, 2.24) is 0 Å². The molecule has 0 N–H and O–H groups in total. The van der Waals surface area contributed by atoms with E-state index in [0.29, 0.717) is 3.57 Å². The fraction of sp³-hybridized carbons (Fsp3) is 0.417. The molecule has 1 saturated heterocycles. The average Bonchev–Trinajstić information content (AvgIpc) is 2.90. The quantitative estimate of drug-likeness (QED) is 0.351. The minimum atomic E-state index is -0.538. The summed E-state index contributed by atoms with van der Waals surface area (Å²) in [5, 5.41) is 10.9. The SMILES string of the molecule is COC(=O)c1cc([N+](=O)[O-])cc(I)c1N1CCCC1. The van der Waals surface area contributed by atoms with E-state index in [1.54, 1.807) is 0 Å². The highest BCUT2D eigenvalue weighted by atomic mass is 127. The number of hydrogen-bond acceptors (Lipinski definition) is 5. The van der Waals surface area contributed by atoms with Crippen LogP contribution in [0.5, 0.6) is 0 Å². The molecule has 0 spiro atoms. The van der Waals surface area contributed by atoms with Crippen molar-refractivity contribution in [2.45, 2.75) is 12.8 Å². The summed E-state index contributed by atoms with van der Waals surface area (Å²) in [6.07, 6.45) is 2.13. The van der Waals surface area contributed by atoms with Gasteiger partial charge >= 0.3 is 5.97 Å². The molecule has 2 rings (SSSR count). The highest BCUT2D eigenvalue weighted by Crippen LogP contribution is 2.34. The standard InChI is InChI=1S/C12H13IN2O4/c1-19-12(16)9-6-8(15(17)18)7-10(13)11(9)14-4-2-3-5-14/h6-7H,2-5H2,1H3. The zero-order valence-electron chi connectivity index (χ0n) is 10.4. The first-order valence-electron chi connectivity index (χ1n) is 5.85. The first-order chi connectivity index (χ1) is 9.04. The van der Waals surface area contributed by atoms with Gasteiger partial charge in [0.1, 0.15) is 0 Å². The van der Waals surface area contributed by atoms with Crippen molar-refractivity contribution in [2.75, 3.05) is 25.1 Å². The number of rotatable bonds is 3. The van der Waals surface area contributed by atoms with Crippen LogP contribution in [0.15, 0.2) is 12.1 Å². The molecule has 1 aliphatic rings. The van der Waals surface area contributed by atoms with Crippen LogP contribution < -0.4 is 4.90 Å². The van der Waals surface area contributed by atoms with Gasteiger partial charge in [-0.2, -0.15) is 0 Å². The van der Waals surface area contributed by atoms with E-state index in [9.17, 15) is 14.9 Å². The predicted molar refractivity (Wildman–Crippen MR) is 78.6 cm³/mol. The Balaban J connectivity index is 2.56. The first kappa shape index (κ1) is 14.0. The second kappa shape index (κ2) is 5.72. The Kier molecular flexibility index (Phi) is 4.23. The topological polar surface area (TPSA) is 72.7 Å². The molecule has 1 aromatic carbocycles. The first-order valence-corrected chi connectivity index (χ1v) is 6.93. The van der Waals surface area contributed by atoms with Crippen LogP contribution in [0.25, 0.3) is 0 Å². The second-order valence-electron chi connectivity index (χ2n) is 4.27. The van der Waals surface area contributed by atoms with Gasteiger partial charge in [-0.05, 0) is 35.4 Å². The van der Waals surface area contributed by atoms with Crippen LogP contribution in [-0.4, -0.2) is 31.1 Å². The van der Waals surface area contributed by atoms with E-state index in [1.165, 1.54) is 19.2 Å². The minimum absolute atomic E-state index is 0.0900. The molecule has 1 heterocycles. The van der Waals surface area contributed by atoms with E-state index in [4.69, 9.17) is 4.74 Å². The van der Waals surface area contributed by atoms with Gasteiger partial charge < -0.3 is 9.64 Å². The molecule has 0 aliphatic carbocycles. The number of benzene rings is 1. The number of carbonyl (C=O) groups excluding carboxylic acids is 1. The Morgan fingerprint density at radius 2 is 2.05 bits per heavy atom. The molecule has 0 saturated carbocycles. The second-order valence-corrected chi connectivity index (χ2v) is 5.43. The molecule has 0 bridgehead atoms. The van der Waals surface area contributed by atoms with Gasteiger partial charge in [0.05, 0.1) is 23.3 Å². The van der Waals surface area contributed by atoms with E-state index < -0.39 is 10.9 Å². The molecule has 1 aromatic rings. The van der Waals surface area contributed by atoms with E-state index in [-0.39, 0.29) is 11.3 Å². The van der Waals surface area contributed by atoms with Gasteiger partial charge in [-0.15, -0.1) is 0 Å². The van der Waals surface area contributed by atoms with E-state index >= 15 is 0 Å². The number of nitro groups is 1. The number of ether oxygens (including phenoxy) is 1. The Morgan fingerprint density at radius 3 is 2.58 bits per heavy atom. The molecule has 102 valence electrons. The van der Waals surface area contributed by atoms with Crippen LogP contribution in [0.4, 0.5) is 11.4 Å². The van der Waals surface area contributed by atoms with Crippen LogP contribution in [-0.2, 0) is 4.74 Å². The molecule has 0 unspecified atom stereocenters. The van der Waals surface area contributed by atoms with Gasteiger partial charge in [0, 0.05) is 28.8 Å². The number of non-ortho nitro benzene ring substituents is 1. The Labute approximate surface area is 124 Å². The lowest BCUT2D eigenvalue weighted by Crippen LogP contribution is -2.22. The maximum atomic E-state index is 11.8. The lowest BCUT2D eigenvalue weighted by molar-refractivity contribution is -0.385. The third-order valence-corrected chi connectivity index (χ3v) is 3.91. The summed E-state index contributed by atoms with van der Waals surface area (Å²) in [7, 11) is 1.28. The fourth-order valence-electron chi connectivity index (χ4n) is 2.22. The summed E-state index contributed by atoms with van der Waals surface area (Å²) in [4.78, 5) is 24.3. The molecule has 6 nitrogen and oxygen atoms in total. The van der Waals surface area contributed by atoms with Crippen LogP contribution in [0.2, 0.25) is 0 Å². The van der Waals surface area contributed by atoms with Crippen LogP contribution >= 0.6 is 22.6 Å². The number of hydrogen-bond donors (Lipinski definition) is 0. The monoisotopic (exact) mass is 376 g/mol. The van der Waals surface area contributed by atoms with Gasteiger partial charge in [0.15, 0.2) is 0 Å². The lowest BCUT2D eigenvalue weighted by atomic mass is 10.1. The molecule has 0 radical (unpaired) electrons. The number of nitro benzene ring substituents is 1. The molecule has 0 aromatic heterocycles. The molecule has 19 heavy (non-hydrogen) atoms. The summed E-state index contributed by atoms with van der Waals surface area (Å²) < 4.78 is 5.44. The van der Waals surface area contributed by atoms with E-state index in [1.807, 2.05) is 22.6 Å². The normalized spacial score (nSPS) is 14.5. The molecule has 0 amide bonds.